The quantitative estimate of drug-likeness (QED) is 0.699. The Labute approximate surface area is 153 Å². The van der Waals surface area contributed by atoms with Crippen molar-refractivity contribution in [3.8, 4) is 5.75 Å². The Balaban J connectivity index is 2.18. The average molecular weight is 400 g/mol. The lowest BCUT2D eigenvalue weighted by Crippen LogP contribution is -2.24. The fraction of sp³-hybridized carbons (Fsp3) is 0.118. The van der Waals surface area contributed by atoms with Crippen molar-refractivity contribution in [2.45, 2.75) is 11.3 Å². The normalized spacial score (nSPS) is 11.7. The lowest BCUT2D eigenvalue weighted by atomic mass is 10.2. The molecule has 1 amide bonds. The van der Waals surface area contributed by atoms with Gasteiger partial charge in [-0.25, -0.2) is 13.1 Å². The second kappa shape index (κ2) is 8.23. The molecule has 0 aliphatic carbocycles. The molecule has 0 fully saturated rings. The molecule has 10 heteroatoms. The van der Waals surface area contributed by atoms with Crippen LogP contribution in [-0.2, 0) is 10.0 Å². The molecule has 0 saturated carbocycles. The van der Waals surface area contributed by atoms with Crippen LogP contribution in [-0.4, -0.2) is 27.2 Å². The highest BCUT2D eigenvalue weighted by Gasteiger charge is 2.31. The first-order valence-corrected chi connectivity index (χ1v) is 8.97. The van der Waals surface area contributed by atoms with Crippen molar-refractivity contribution in [2.75, 3.05) is 11.9 Å². The van der Waals surface area contributed by atoms with Gasteiger partial charge in [0.05, 0.1) is 4.90 Å². The predicted molar refractivity (Wildman–Crippen MR) is 92.9 cm³/mol. The Bertz CT molecular complexity index is 943. The van der Waals surface area contributed by atoms with Crippen LogP contribution >= 0.6 is 0 Å². The fourth-order valence-corrected chi connectivity index (χ4v) is 3.07. The summed E-state index contributed by atoms with van der Waals surface area (Å²) in [5, 5.41) is 2.39. The maximum Gasteiger partial charge on any atom is 0.573 e. The van der Waals surface area contributed by atoms with Crippen LogP contribution in [0.25, 0.3) is 0 Å². The molecule has 0 aliphatic rings. The minimum Gasteiger partial charge on any atom is -0.406 e. The number of anilines is 1. The van der Waals surface area contributed by atoms with Crippen LogP contribution in [0.15, 0.2) is 66.1 Å². The molecule has 0 bridgehead atoms. The topological polar surface area (TPSA) is 84.5 Å². The van der Waals surface area contributed by atoms with Gasteiger partial charge in [0.15, 0.2) is 0 Å². The molecule has 2 rings (SSSR count). The summed E-state index contributed by atoms with van der Waals surface area (Å²) in [5.41, 5.74) is 0.0680. The van der Waals surface area contributed by atoms with Gasteiger partial charge in [0, 0.05) is 23.9 Å². The largest absolute Gasteiger partial charge is 0.573 e. The van der Waals surface area contributed by atoms with Gasteiger partial charge in [0.2, 0.25) is 10.0 Å². The standard InChI is InChI=1S/C17H15F3N2O4S/c1-2-9-21-27(24,25)15-8-3-5-12(10-15)16(23)22-13-6-4-7-14(11-13)26-17(18,19)20/h2-8,10-11,21H,1,9H2,(H,22,23). The van der Waals surface area contributed by atoms with Crippen molar-refractivity contribution in [1.82, 2.24) is 4.72 Å². The number of amides is 1. The van der Waals surface area contributed by atoms with Gasteiger partial charge in [-0.1, -0.05) is 18.2 Å². The number of benzene rings is 2. The van der Waals surface area contributed by atoms with Crippen molar-refractivity contribution >= 4 is 21.6 Å². The first-order valence-electron chi connectivity index (χ1n) is 7.48. The fourth-order valence-electron chi connectivity index (χ4n) is 2.03. The summed E-state index contributed by atoms with van der Waals surface area (Å²) in [6.07, 6.45) is -3.49. The SMILES string of the molecule is C=CCNS(=O)(=O)c1cccc(C(=O)Nc2cccc(OC(F)(F)F)c2)c1. The van der Waals surface area contributed by atoms with E-state index in [1.165, 1.54) is 36.4 Å². The van der Waals surface area contributed by atoms with Crippen molar-refractivity contribution in [1.29, 1.82) is 0 Å². The number of sulfonamides is 1. The van der Waals surface area contributed by atoms with Crippen LogP contribution < -0.4 is 14.8 Å². The second-order valence-electron chi connectivity index (χ2n) is 5.20. The Morgan fingerprint density at radius 3 is 2.52 bits per heavy atom. The van der Waals surface area contributed by atoms with Crippen LogP contribution in [0.3, 0.4) is 0 Å². The van der Waals surface area contributed by atoms with Gasteiger partial charge in [-0.2, -0.15) is 0 Å². The summed E-state index contributed by atoms with van der Waals surface area (Å²) in [7, 11) is -3.82. The highest BCUT2D eigenvalue weighted by molar-refractivity contribution is 7.89. The molecule has 2 N–H and O–H groups in total. The molecular weight excluding hydrogens is 385 g/mol. The predicted octanol–water partition coefficient (Wildman–Crippen LogP) is 3.30. The molecule has 0 atom stereocenters. The Kier molecular flexibility index (Phi) is 6.24. The van der Waals surface area contributed by atoms with E-state index in [9.17, 15) is 26.4 Å². The molecule has 0 radical (unpaired) electrons. The highest BCUT2D eigenvalue weighted by Crippen LogP contribution is 2.25. The number of rotatable bonds is 7. The molecule has 0 unspecified atom stereocenters. The first kappa shape index (κ1) is 20.5. The van der Waals surface area contributed by atoms with Crippen molar-refractivity contribution in [2.24, 2.45) is 0 Å². The van der Waals surface area contributed by atoms with Crippen molar-refractivity contribution < 1.29 is 31.1 Å². The third-order valence-electron chi connectivity index (χ3n) is 3.15. The van der Waals surface area contributed by atoms with Crippen LogP contribution in [0.5, 0.6) is 5.75 Å². The number of nitrogens with one attached hydrogen (secondary N) is 2. The Morgan fingerprint density at radius 1 is 1.15 bits per heavy atom. The van der Waals surface area contributed by atoms with Crippen molar-refractivity contribution in [3.63, 3.8) is 0 Å². The van der Waals surface area contributed by atoms with E-state index in [0.717, 1.165) is 18.2 Å². The molecule has 0 aliphatic heterocycles. The number of carbonyl (C=O) groups is 1. The maximum absolute atomic E-state index is 12.3. The van der Waals surface area contributed by atoms with E-state index in [-0.39, 0.29) is 22.7 Å². The molecular formula is C17H15F3N2O4S. The number of halogens is 3. The number of hydrogen-bond donors (Lipinski definition) is 2. The second-order valence-corrected chi connectivity index (χ2v) is 6.97. The van der Waals surface area contributed by atoms with E-state index < -0.39 is 28.0 Å². The zero-order valence-corrected chi connectivity index (χ0v) is 14.6. The third kappa shape index (κ3) is 6.12. The van der Waals surface area contributed by atoms with Gasteiger partial charge in [-0.05, 0) is 30.3 Å². The van der Waals surface area contributed by atoms with Gasteiger partial charge in [0.25, 0.3) is 5.91 Å². The zero-order valence-electron chi connectivity index (χ0n) is 13.8. The van der Waals surface area contributed by atoms with Gasteiger partial charge in [0.1, 0.15) is 5.75 Å². The lowest BCUT2D eigenvalue weighted by molar-refractivity contribution is -0.274. The molecule has 0 spiro atoms. The van der Waals surface area contributed by atoms with E-state index in [4.69, 9.17) is 0 Å². The number of carbonyl (C=O) groups excluding carboxylic acids is 1. The van der Waals surface area contributed by atoms with Crippen molar-refractivity contribution in [3.05, 3.63) is 66.7 Å². The summed E-state index contributed by atoms with van der Waals surface area (Å²) in [6.45, 7) is 3.43. The van der Waals surface area contributed by atoms with Crippen LogP contribution in [0.2, 0.25) is 0 Å². The minimum absolute atomic E-state index is 0.0126. The van der Waals surface area contributed by atoms with E-state index in [1.807, 2.05) is 0 Å². The lowest BCUT2D eigenvalue weighted by Gasteiger charge is -2.11. The number of hydrogen-bond acceptors (Lipinski definition) is 4. The van der Waals surface area contributed by atoms with E-state index in [0.29, 0.717) is 0 Å². The van der Waals surface area contributed by atoms with Crippen LogP contribution in [0.4, 0.5) is 18.9 Å². The summed E-state index contributed by atoms with van der Waals surface area (Å²) in [6, 6.07) is 9.93. The van der Waals surface area contributed by atoms with E-state index >= 15 is 0 Å². The molecule has 0 aromatic heterocycles. The zero-order chi connectivity index (χ0) is 20.1. The Hall–Kier alpha value is -2.85. The molecule has 2 aromatic carbocycles. The van der Waals surface area contributed by atoms with E-state index in [1.54, 1.807) is 0 Å². The number of alkyl halides is 3. The molecule has 0 saturated heterocycles. The summed E-state index contributed by atoms with van der Waals surface area (Å²) in [5.74, 6) is -1.19. The average Bonchev–Trinajstić information content (AvgIpc) is 2.59. The van der Waals surface area contributed by atoms with Crippen LogP contribution in [0, 0.1) is 0 Å². The van der Waals surface area contributed by atoms with E-state index in [2.05, 4.69) is 21.4 Å². The summed E-state index contributed by atoms with van der Waals surface area (Å²) in [4.78, 5) is 12.2. The third-order valence-corrected chi connectivity index (χ3v) is 4.57. The molecule has 27 heavy (non-hydrogen) atoms. The maximum atomic E-state index is 12.3. The molecule has 144 valence electrons. The van der Waals surface area contributed by atoms with Crippen LogP contribution in [0.1, 0.15) is 10.4 Å². The Morgan fingerprint density at radius 2 is 1.85 bits per heavy atom. The van der Waals surface area contributed by atoms with Gasteiger partial charge >= 0.3 is 6.36 Å². The van der Waals surface area contributed by atoms with Gasteiger partial charge in [-0.3, -0.25) is 4.79 Å². The molecule has 2 aromatic rings. The summed E-state index contributed by atoms with van der Waals surface area (Å²) >= 11 is 0. The minimum atomic E-state index is -4.86. The molecule has 0 heterocycles. The van der Waals surface area contributed by atoms with Gasteiger partial charge < -0.3 is 10.1 Å². The highest BCUT2D eigenvalue weighted by atomic mass is 32.2. The monoisotopic (exact) mass is 400 g/mol. The first-order chi connectivity index (χ1) is 12.6. The molecule has 6 nitrogen and oxygen atoms in total. The smallest absolute Gasteiger partial charge is 0.406 e. The van der Waals surface area contributed by atoms with Gasteiger partial charge in [-0.15, -0.1) is 19.8 Å². The summed E-state index contributed by atoms with van der Waals surface area (Å²) < 4.78 is 67.0. The number of ether oxygens (including phenoxy) is 1.